The molecule has 0 saturated carbocycles. The van der Waals surface area contributed by atoms with E-state index in [4.69, 9.17) is 17.3 Å². The quantitative estimate of drug-likeness (QED) is 0.728. The van der Waals surface area contributed by atoms with E-state index in [1.165, 1.54) is 0 Å². The van der Waals surface area contributed by atoms with Gasteiger partial charge in [-0.05, 0) is 50.6 Å². The lowest BCUT2D eigenvalue weighted by Crippen LogP contribution is -2.38. The van der Waals surface area contributed by atoms with Gasteiger partial charge in [0.25, 0.3) is 0 Å². The summed E-state index contributed by atoms with van der Waals surface area (Å²) >= 11 is 5.82. The van der Waals surface area contributed by atoms with E-state index in [9.17, 15) is 9.90 Å². The molecule has 1 unspecified atom stereocenters. The highest BCUT2D eigenvalue weighted by atomic mass is 35.5. The number of nitrogens with one attached hydrogen (secondary N) is 1. The van der Waals surface area contributed by atoms with Crippen molar-refractivity contribution in [2.24, 2.45) is 0 Å². The molecular formula is C15H22ClN3O2. The maximum absolute atomic E-state index is 11.9. The Hall–Kier alpha value is -1.30. The number of nitrogen functional groups attached to an aromatic ring is 1. The molecule has 5 nitrogen and oxygen atoms in total. The van der Waals surface area contributed by atoms with Crippen molar-refractivity contribution in [3.63, 3.8) is 0 Å². The van der Waals surface area contributed by atoms with Crippen LogP contribution in [0.5, 0.6) is 0 Å². The highest BCUT2D eigenvalue weighted by Gasteiger charge is 2.17. The van der Waals surface area contributed by atoms with Gasteiger partial charge >= 0.3 is 0 Å². The number of amides is 1. The van der Waals surface area contributed by atoms with Crippen LogP contribution in [-0.2, 0) is 4.79 Å². The average Bonchev–Trinajstić information content (AvgIpc) is 2.42. The van der Waals surface area contributed by atoms with Gasteiger partial charge in [-0.3, -0.25) is 4.79 Å². The number of hydrogen-bond donors (Lipinski definition) is 3. The third-order valence-electron chi connectivity index (χ3n) is 3.65. The molecule has 0 aliphatic carbocycles. The zero-order chi connectivity index (χ0) is 15.2. The van der Waals surface area contributed by atoms with Crippen molar-refractivity contribution >= 4 is 28.9 Å². The molecule has 1 amide bonds. The minimum atomic E-state index is -0.221. The summed E-state index contributed by atoms with van der Waals surface area (Å²) in [6, 6.07) is 5.02. The highest BCUT2D eigenvalue weighted by molar-refractivity contribution is 6.31. The summed E-state index contributed by atoms with van der Waals surface area (Å²) in [6.45, 7) is 2.55. The molecule has 21 heavy (non-hydrogen) atoms. The number of rotatable bonds is 5. The summed E-state index contributed by atoms with van der Waals surface area (Å²) in [6.07, 6.45) is 2.89. The first-order valence-corrected chi connectivity index (χ1v) is 7.67. The van der Waals surface area contributed by atoms with Gasteiger partial charge in [-0.15, -0.1) is 0 Å². The monoisotopic (exact) mass is 311 g/mol. The largest absolute Gasteiger partial charge is 0.397 e. The number of piperidine rings is 1. The minimum absolute atomic E-state index is 0.0541. The number of aliphatic hydroxyl groups is 1. The number of hydrogen-bond acceptors (Lipinski definition) is 4. The van der Waals surface area contributed by atoms with Gasteiger partial charge < -0.3 is 21.1 Å². The summed E-state index contributed by atoms with van der Waals surface area (Å²) in [7, 11) is 0. The third-order valence-corrected chi connectivity index (χ3v) is 3.88. The Bertz CT molecular complexity index is 496. The van der Waals surface area contributed by atoms with Gasteiger partial charge in [0.15, 0.2) is 0 Å². The highest BCUT2D eigenvalue weighted by Crippen LogP contribution is 2.22. The Labute approximate surface area is 130 Å². The van der Waals surface area contributed by atoms with Crippen LogP contribution < -0.4 is 11.1 Å². The number of nitrogens with zero attached hydrogens (tertiary/aromatic N) is 1. The molecule has 1 heterocycles. The molecule has 2 rings (SSSR count). The molecule has 116 valence electrons. The van der Waals surface area contributed by atoms with Crippen LogP contribution in [0.3, 0.4) is 0 Å². The van der Waals surface area contributed by atoms with Gasteiger partial charge in [0.05, 0.1) is 17.5 Å². The number of carbonyl (C=O) groups is 1. The second-order valence-corrected chi connectivity index (χ2v) is 5.92. The Morgan fingerprint density at radius 2 is 2.33 bits per heavy atom. The lowest BCUT2D eigenvalue weighted by atomic mass is 10.1. The van der Waals surface area contributed by atoms with E-state index in [2.05, 4.69) is 10.2 Å². The number of halogens is 1. The molecule has 1 aromatic carbocycles. The maximum Gasteiger partial charge on any atom is 0.224 e. The number of β-amino-alcohol motifs (C(OH)–C–C–N with tert-alkyl or cyclic N) is 1. The first-order chi connectivity index (χ1) is 10.0. The molecule has 1 saturated heterocycles. The van der Waals surface area contributed by atoms with Gasteiger partial charge in [-0.25, -0.2) is 0 Å². The van der Waals surface area contributed by atoms with E-state index < -0.39 is 0 Å². The summed E-state index contributed by atoms with van der Waals surface area (Å²) in [4.78, 5) is 14.1. The van der Waals surface area contributed by atoms with Crippen LogP contribution in [-0.4, -0.2) is 41.7 Å². The van der Waals surface area contributed by atoms with E-state index in [0.717, 1.165) is 32.4 Å². The van der Waals surface area contributed by atoms with E-state index in [0.29, 0.717) is 29.4 Å². The van der Waals surface area contributed by atoms with Gasteiger partial charge in [0.2, 0.25) is 5.91 Å². The molecule has 1 aromatic rings. The van der Waals surface area contributed by atoms with Crippen molar-refractivity contribution in [2.75, 3.05) is 30.7 Å². The van der Waals surface area contributed by atoms with Gasteiger partial charge in [0.1, 0.15) is 0 Å². The topological polar surface area (TPSA) is 78.6 Å². The number of aliphatic hydroxyl groups excluding tert-OH is 1. The van der Waals surface area contributed by atoms with Gasteiger partial charge in [-0.1, -0.05) is 11.6 Å². The van der Waals surface area contributed by atoms with E-state index in [-0.39, 0.29) is 12.0 Å². The fraction of sp³-hybridized carbons (Fsp3) is 0.533. The zero-order valence-electron chi connectivity index (χ0n) is 12.0. The van der Waals surface area contributed by atoms with Crippen LogP contribution in [0.4, 0.5) is 11.4 Å². The van der Waals surface area contributed by atoms with Gasteiger partial charge in [-0.2, -0.15) is 0 Å². The summed E-state index contributed by atoms with van der Waals surface area (Å²) in [5.41, 5.74) is 6.86. The van der Waals surface area contributed by atoms with Crippen LogP contribution in [0.2, 0.25) is 5.02 Å². The SMILES string of the molecule is Nc1cc(Cl)ccc1NC(=O)CCCN1CCCC(O)C1. The summed E-state index contributed by atoms with van der Waals surface area (Å²) in [5.74, 6) is -0.0541. The Balaban J connectivity index is 1.72. The zero-order valence-corrected chi connectivity index (χ0v) is 12.8. The van der Waals surface area contributed by atoms with Crippen LogP contribution in [0, 0.1) is 0 Å². The number of likely N-dealkylation sites (tertiary alicyclic amines) is 1. The predicted molar refractivity (Wildman–Crippen MR) is 85.4 cm³/mol. The van der Waals surface area contributed by atoms with Crippen LogP contribution in [0.15, 0.2) is 18.2 Å². The molecule has 1 atom stereocenters. The minimum Gasteiger partial charge on any atom is -0.397 e. The third kappa shape index (κ3) is 5.19. The van der Waals surface area contributed by atoms with E-state index in [1.807, 2.05) is 0 Å². The van der Waals surface area contributed by atoms with Crippen molar-refractivity contribution in [1.29, 1.82) is 0 Å². The van der Waals surface area contributed by atoms with E-state index >= 15 is 0 Å². The van der Waals surface area contributed by atoms with Crippen molar-refractivity contribution in [3.05, 3.63) is 23.2 Å². The fourth-order valence-electron chi connectivity index (χ4n) is 2.56. The second kappa shape index (κ2) is 7.64. The normalized spacial score (nSPS) is 19.4. The Morgan fingerprint density at radius 1 is 1.52 bits per heavy atom. The van der Waals surface area contributed by atoms with Crippen molar-refractivity contribution < 1.29 is 9.90 Å². The first kappa shape index (κ1) is 16.1. The maximum atomic E-state index is 11.9. The summed E-state index contributed by atoms with van der Waals surface area (Å²) < 4.78 is 0. The number of carbonyl (C=O) groups excluding carboxylic acids is 1. The smallest absolute Gasteiger partial charge is 0.224 e. The number of nitrogens with two attached hydrogens (primary N) is 1. The molecule has 0 aromatic heterocycles. The molecule has 1 aliphatic heterocycles. The molecule has 1 aliphatic rings. The number of anilines is 2. The Morgan fingerprint density at radius 3 is 3.05 bits per heavy atom. The molecule has 6 heteroatoms. The molecule has 0 radical (unpaired) electrons. The van der Waals surface area contributed by atoms with Crippen molar-refractivity contribution in [3.8, 4) is 0 Å². The van der Waals surface area contributed by atoms with Crippen molar-refractivity contribution in [1.82, 2.24) is 4.90 Å². The molecule has 0 spiro atoms. The first-order valence-electron chi connectivity index (χ1n) is 7.30. The lowest BCUT2D eigenvalue weighted by molar-refractivity contribution is -0.116. The summed E-state index contributed by atoms with van der Waals surface area (Å²) in [5, 5.41) is 12.9. The average molecular weight is 312 g/mol. The van der Waals surface area contributed by atoms with Crippen LogP contribution >= 0.6 is 11.6 Å². The molecule has 0 bridgehead atoms. The molecule has 4 N–H and O–H groups in total. The van der Waals surface area contributed by atoms with Gasteiger partial charge in [0, 0.05) is 18.0 Å². The van der Waals surface area contributed by atoms with Crippen LogP contribution in [0.1, 0.15) is 25.7 Å². The standard InChI is InChI=1S/C15H22ClN3O2/c16-11-5-6-14(13(17)9-11)18-15(21)4-2-8-19-7-1-3-12(20)10-19/h5-6,9,12,20H,1-4,7-8,10,17H2,(H,18,21). The number of benzene rings is 1. The predicted octanol–water partition coefficient (Wildman–Crippen LogP) is 2.10. The molecular weight excluding hydrogens is 290 g/mol. The van der Waals surface area contributed by atoms with Crippen molar-refractivity contribution in [2.45, 2.75) is 31.8 Å². The lowest BCUT2D eigenvalue weighted by Gasteiger charge is -2.29. The second-order valence-electron chi connectivity index (χ2n) is 5.48. The fourth-order valence-corrected chi connectivity index (χ4v) is 2.74. The Kier molecular flexibility index (Phi) is 5.85. The van der Waals surface area contributed by atoms with E-state index in [1.54, 1.807) is 18.2 Å². The van der Waals surface area contributed by atoms with Crippen LogP contribution in [0.25, 0.3) is 0 Å². The molecule has 1 fully saturated rings.